The quantitative estimate of drug-likeness (QED) is 0.571. The topological polar surface area (TPSA) is 29.3 Å². The van der Waals surface area contributed by atoms with Crippen molar-refractivity contribution < 1.29 is 4.39 Å². The van der Waals surface area contributed by atoms with Crippen LogP contribution in [0.1, 0.15) is 12.0 Å². The van der Waals surface area contributed by atoms with Crippen LogP contribution in [0, 0.1) is 9.39 Å². The van der Waals surface area contributed by atoms with Crippen molar-refractivity contribution in [2.75, 3.05) is 13.1 Å². The maximum absolute atomic E-state index is 13.7. The van der Waals surface area contributed by atoms with Crippen molar-refractivity contribution in [3.05, 3.63) is 31.6 Å². The van der Waals surface area contributed by atoms with Gasteiger partial charge in [0.15, 0.2) is 0 Å². The maximum Gasteiger partial charge on any atom is 0.128 e. The molecule has 0 bridgehead atoms. The minimum absolute atomic E-state index is 0. The van der Waals surface area contributed by atoms with Gasteiger partial charge < -0.3 is 5.73 Å². The molecular formula is C11H14BrClFIN2. The van der Waals surface area contributed by atoms with Crippen LogP contribution >= 0.6 is 50.9 Å². The van der Waals surface area contributed by atoms with Crippen LogP contribution in [0.5, 0.6) is 0 Å². The van der Waals surface area contributed by atoms with E-state index in [1.165, 1.54) is 6.07 Å². The van der Waals surface area contributed by atoms with Gasteiger partial charge in [0.25, 0.3) is 0 Å². The number of rotatable bonds is 2. The Morgan fingerprint density at radius 2 is 2.24 bits per heavy atom. The van der Waals surface area contributed by atoms with Crippen molar-refractivity contribution in [3.63, 3.8) is 0 Å². The van der Waals surface area contributed by atoms with Crippen LogP contribution < -0.4 is 5.73 Å². The first-order valence-corrected chi connectivity index (χ1v) is 7.05. The lowest BCUT2D eigenvalue weighted by Gasteiger charge is -2.16. The summed E-state index contributed by atoms with van der Waals surface area (Å²) in [5, 5.41) is 0. The second kappa shape index (κ2) is 6.65. The van der Waals surface area contributed by atoms with Gasteiger partial charge in [-0.3, -0.25) is 4.90 Å². The fourth-order valence-corrected chi connectivity index (χ4v) is 2.78. The van der Waals surface area contributed by atoms with E-state index in [-0.39, 0.29) is 24.3 Å². The third-order valence-corrected chi connectivity index (χ3v) is 5.08. The molecule has 1 heterocycles. The number of hydrogen-bond donors (Lipinski definition) is 1. The maximum atomic E-state index is 13.7. The van der Waals surface area contributed by atoms with E-state index in [0.717, 1.165) is 33.1 Å². The van der Waals surface area contributed by atoms with Crippen LogP contribution in [-0.4, -0.2) is 24.0 Å². The summed E-state index contributed by atoms with van der Waals surface area (Å²) < 4.78 is 15.5. The van der Waals surface area contributed by atoms with Gasteiger partial charge in [0.05, 0.1) is 0 Å². The molecule has 0 aromatic heterocycles. The third kappa shape index (κ3) is 4.02. The first kappa shape index (κ1) is 15.6. The predicted octanol–water partition coefficient (Wildman–Crippen LogP) is 3.15. The number of nitrogens with two attached hydrogens (primary N) is 1. The van der Waals surface area contributed by atoms with Gasteiger partial charge in [0, 0.05) is 39.3 Å². The second-order valence-electron chi connectivity index (χ2n) is 4.14. The number of hydrogen-bond acceptors (Lipinski definition) is 2. The SMILES string of the molecule is Cl.N[C@H]1CCN(Cc2cc(I)c(Br)cc2F)C1. The molecule has 6 heteroatoms. The zero-order valence-electron chi connectivity index (χ0n) is 9.13. The average Bonchev–Trinajstić information content (AvgIpc) is 2.60. The lowest BCUT2D eigenvalue weighted by Crippen LogP contribution is -2.26. The van der Waals surface area contributed by atoms with Crippen molar-refractivity contribution in [2.45, 2.75) is 19.0 Å². The number of nitrogens with zero attached hydrogens (tertiary/aromatic N) is 1. The fourth-order valence-electron chi connectivity index (χ4n) is 1.93. The van der Waals surface area contributed by atoms with Crippen molar-refractivity contribution in [1.29, 1.82) is 0 Å². The number of benzene rings is 1. The molecule has 1 aromatic carbocycles. The van der Waals surface area contributed by atoms with Gasteiger partial charge in [0.2, 0.25) is 0 Å². The molecule has 0 radical (unpaired) electrons. The lowest BCUT2D eigenvalue weighted by molar-refractivity contribution is 0.321. The molecule has 1 aliphatic heterocycles. The van der Waals surface area contributed by atoms with Gasteiger partial charge in [-0.2, -0.15) is 0 Å². The molecule has 2 nitrogen and oxygen atoms in total. The molecule has 2 N–H and O–H groups in total. The summed E-state index contributed by atoms with van der Waals surface area (Å²) in [5.41, 5.74) is 6.58. The van der Waals surface area contributed by atoms with Crippen LogP contribution in [0.3, 0.4) is 0 Å². The first-order valence-electron chi connectivity index (χ1n) is 5.17. The van der Waals surface area contributed by atoms with Crippen LogP contribution in [0.2, 0.25) is 0 Å². The van der Waals surface area contributed by atoms with Crippen LogP contribution in [0.15, 0.2) is 16.6 Å². The Labute approximate surface area is 129 Å². The summed E-state index contributed by atoms with van der Waals surface area (Å²) in [4.78, 5) is 2.20. The van der Waals surface area contributed by atoms with Crippen molar-refractivity contribution in [1.82, 2.24) is 4.90 Å². The molecule has 0 saturated carbocycles. The van der Waals surface area contributed by atoms with E-state index >= 15 is 0 Å². The molecule has 0 amide bonds. The largest absolute Gasteiger partial charge is 0.326 e. The Hall–Kier alpha value is 0.570. The Bertz CT molecular complexity index is 405. The van der Waals surface area contributed by atoms with Gasteiger partial charge in [-0.1, -0.05) is 0 Å². The van der Waals surface area contributed by atoms with E-state index < -0.39 is 0 Å². The van der Waals surface area contributed by atoms with Crippen molar-refractivity contribution in [3.8, 4) is 0 Å². The van der Waals surface area contributed by atoms with Crippen LogP contribution in [-0.2, 0) is 6.54 Å². The molecule has 1 aliphatic rings. The van der Waals surface area contributed by atoms with E-state index in [2.05, 4.69) is 43.4 Å². The second-order valence-corrected chi connectivity index (χ2v) is 6.16. The Morgan fingerprint density at radius 3 is 2.82 bits per heavy atom. The summed E-state index contributed by atoms with van der Waals surface area (Å²) >= 11 is 5.52. The Morgan fingerprint density at radius 1 is 1.53 bits per heavy atom. The molecule has 0 aliphatic carbocycles. The normalized spacial score (nSPS) is 20.4. The van der Waals surface area contributed by atoms with Crippen molar-refractivity contribution in [2.24, 2.45) is 5.73 Å². The average molecular weight is 436 g/mol. The number of halogens is 4. The Kier molecular flexibility index (Phi) is 6.12. The zero-order valence-corrected chi connectivity index (χ0v) is 13.7. The summed E-state index contributed by atoms with van der Waals surface area (Å²) in [6, 6.07) is 3.68. The van der Waals surface area contributed by atoms with E-state index in [9.17, 15) is 4.39 Å². The summed E-state index contributed by atoms with van der Waals surface area (Å²) in [5.74, 6) is -0.146. The molecular weight excluding hydrogens is 421 g/mol. The van der Waals surface area contributed by atoms with Gasteiger partial charge in [-0.25, -0.2) is 4.39 Å². The zero-order chi connectivity index (χ0) is 11.7. The number of likely N-dealkylation sites (tertiary alicyclic amines) is 1. The van der Waals surface area contributed by atoms with E-state index in [1.54, 1.807) is 0 Å². The summed E-state index contributed by atoms with van der Waals surface area (Å²) in [7, 11) is 0. The van der Waals surface area contributed by atoms with Crippen LogP contribution in [0.4, 0.5) is 4.39 Å². The van der Waals surface area contributed by atoms with Gasteiger partial charge in [-0.15, -0.1) is 12.4 Å². The minimum Gasteiger partial charge on any atom is -0.326 e. The summed E-state index contributed by atoms with van der Waals surface area (Å²) in [6.45, 7) is 2.49. The van der Waals surface area contributed by atoms with E-state index in [4.69, 9.17) is 5.73 Å². The van der Waals surface area contributed by atoms with Crippen LogP contribution in [0.25, 0.3) is 0 Å². The minimum atomic E-state index is -0.146. The lowest BCUT2D eigenvalue weighted by atomic mass is 10.2. The first-order chi connectivity index (χ1) is 7.56. The molecule has 0 unspecified atom stereocenters. The van der Waals surface area contributed by atoms with Crippen molar-refractivity contribution >= 4 is 50.9 Å². The van der Waals surface area contributed by atoms with E-state index in [0.29, 0.717) is 6.54 Å². The monoisotopic (exact) mass is 434 g/mol. The molecule has 17 heavy (non-hydrogen) atoms. The highest BCUT2D eigenvalue weighted by atomic mass is 127. The highest BCUT2D eigenvalue weighted by molar-refractivity contribution is 14.1. The predicted molar refractivity (Wildman–Crippen MR) is 81.9 cm³/mol. The molecule has 1 fully saturated rings. The van der Waals surface area contributed by atoms with E-state index in [1.807, 2.05) is 6.07 Å². The highest BCUT2D eigenvalue weighted by Crippen LogP contribution is 2.24. The molecule has 0 spiro atoms. The highest BCUT2D eigenvalue weighted by Gasteiger charge is 2.20. The molecule has 1 saturated heterocycles. The molecule has 96 valence electrons. The molecule has 2 rings (SSSR count). The third-order valence-electron chi connectivity index (χ3n) is 2.79. The molecule has 1 atom stereocenters. The summed E-state index contributed by atoms with van der Waals surface area (Å²) in [6.07, 6.45) is 1.01. The Balaban J connectivity index is 0.00000144. The smallest absolute Gasteiger partial charge is 0.128 e. The fraction of sp³-hybridized carbons (Fsp3) is 0.455. The molecule has 1 aromatic rings. The standard InChI is InChI=1S/C11H13BrFIN2.ClH/c12-9-4-10(13)7(3-11(9)14)5-16-2-1-8(15)6-16;/h3-4,8H,1-2,5-6,15H2;1H/t8-;/m0./s1. The van der Waals surface area contributed by atoms with Gasteiger partial charge in [-0.05, 0) is 57.1 Å². The van der Waals surface area contributed by atoms with Gasteiger partial charge >= 0.3 is 0 Å². The van der Waals surface area contributed by atoms with Gasteiger partial charge in [0.1, 0.15) is 5.82 Å².